The molecule has 0 saturated carbocycles. The summed E-state index contributed by atoms with van der Waals surface area (Å²) in [5.41, 5.74) is 3.16. The molecule has 116 valence electrons. The Balaban J connectivity index is 1.92. The molecule has 0 saturated heterocycles. The van der Waals surface area contributed by atoms with Gasteiger partial charge in [-0.1, -0.05) is 59.6 Å². The fourth-order valence-corrected chi connectivity index (χ4v) is 2.61. The number of hydrogen-bond acceptors (Lipinski definition) is 1. The Morgan fingerprint density at radius 1 is 1.05 bits per heavy atom. The van der Waals surface area contributed by atoms with E-state index in [0.29, 0.717) is 12.1 Å². The second kappa shape index (κ2) is 7.10. The first-order valence-electron chi connectivity index (χ1n) is 7.45. The van der Waals surface area contributed by atoms with Crippen molar-refractivity contribution in [3.63, 3.8) is 0 Å². The Labute approximate surface area is 141 Å². The second-order valence-electron chi connectivity index (χ2n) is 6.52. The molecule has 0 aromatic heterocycles. The van der Waals surface area contributed by atoms with Gasteiger partial charge in [0.05, 0.1) is 0 Å². The Bertz CT molecular complexity index is 629. The van der Waals surface area contributed by atoms with Gasteiger partial charge < -0.3 is 5.32 Å². The Morgan fingerprint density at radius 3 is 2.23 bits per heavy atom. The average Bonchev–Trinajstić information content (AvgIpc) is 2.48. The molecule has 0 spiro atoms. The molecule has 0 heterocycles. The van der Waals surface area contributed by atoms with Crippen LogP contribution in [0.3, 0.4) is 0 Å². The lowest BCUT2D eigenvalue weighted by Crippen LogP contribution is -2.35. The van der Waals surface area contributed by atoms with Gasteiger partial charge in [-0.05, 0) is 48.6 Å². The van der Waals surface area contributed by atoms with E-state index in [0.717, 1.165) is 16.5 Å². The summed E-state index contributed by atoms with van der Waals surface area (Å²) >= 11 is 3.45. The van der Waals surface area contributed by atoms with Crippen LogP contribution in [0, 0.1) is 12.3 Å². The van der Waals surface area contributed by atoms with Gasteiger partial charge in [0.2, 0.25) is 0 Å². The second-order valence-corrected chi connectivity index (χ2v) is 7.43. The van der Waals surface area contributed by atoms with Crippen molar-refractivity contribution in [2.75, 3.05) is 6.54 Å². The van der Waals surface area contributed by atoms with Crippen LogP contribution in [0.4, 0.5) is 0 Å². The zero-order chi connectivity index (χ0) is 16.2. The normalized spacial score (nSPS) is 11.3. The van der Waals surface area contributed by atoms with Gasteiger partial charge in [-0.3, -0.25) is 4.79 Å². The zero-order valence-corrected chi connectivity index (χ0v) is 14.9. The predicted molar refractivity (Wildman–Crippen MR) is 95.1 cm³/mol. The maximum Gasteiger partial charge on any atom is 0.251 e. The molecule has 1 amide bonds. The molecule has 0 aliphatic rings. The molecule has 0 aliphatic heterocycles. The molecule has 2 aromatic rings. The van der Waals surface area contributed by atoms with Crippen molar-refractivity contribution < 1.29 is 4.79 Å². The van der Waals surface area contributed by atoms with E-state index in [1.807, 2.05) is 31.2 Å². The van der Waals surface area contributed by atoms with Crippen LogP contribution < -0.4 is 5.32 Å². The third-order valence-corrected chi connectivity index (χ3v) is 4.17. The standard InChI is InChI=1S/C19H22BrNO/c1-14-4-8-16(9-5-14)18(22)21-13-19(2,3)12-15-6-10-17(20)11-7-15/h4-11H,12-13H2,1-3H3,(H,21,22). The van der Waals surface area contributed by atoms with Crippen molar-refractivity contribution in [1.82, 2.24) is 5.32 Å². The van der Waals surface area contributed by atoms with Gasteiger partial charge in [-0.25, -0.2) is 0 Å². The summed E-state index contributed by atoms with van der Waals surface area (Å²) in [5, 5.41) is 3.04. The fraction of sp³-hybridized carbons (Fsp3) is 0.316. The highest BCUT2D eigenvalue weighted by Gasteiger charge is 2.20. The van der Waals surface area contributed by atoms with Crippen molar-refractivity contribution in [3.8, 4) is 0 Å². The van der Waals surface area contributed by atoms with Gasteiger partial charge >= 0.3 is 0 Å². The van der Waals surface area contributed by atoms with E-state index >= 15 is 0 Å². The van der Waals surface area contributed by atoms with E-state index in [1.165, 1.54) is 5.56 Å². The summed E-state index contributed by atoms with van der Waals surface area (Å²) in [7, 11) is 0. The van der Waals surface area contributed by atoms with Gasteiger partial charge in [0.25, 0.3) is 5.91 Å². The summed E-state index contributed by atoms with van der Waals surface area (Å²) in [6.45, 7) is 7.01. The molecule has 2 nitrogen and oxygen atoms in total. The topological polar surface area (TPSA) is 29.1 Å². The van der Waals surface area contributed by atoms with Crippen LogP contribution in [0.1, 0.15) is 35.3 Å². The molecular weight excluding hydrogens is 338 g/mol. The summed E-state index contributed by atoms with van der Waals surface area (Å²) in [6.07, 6.45) is 0.925. The molecule has 22 heavy (non-hydrogen) atoms. The van der Waals surface area contributed by atoms with Crippen LogP contribution in [-0.2, 0) is 6.42 Å². The number of hydrogen-bond donors (Lipinski definition) is 1. The molecule has 0 radical (unpaired) electrons. The quantitative estimate of drug-likeness (QED) is 0.819. The first-order chi connectivity index (χ1) is 10.4. The third-order valence-electron chi connectivity index (χ3n) is 3.64. The number of carbonyl (C=O) groups is 1. The van der Waals surface area contributed by atoms with Gasteiger partial charge in [0, 0.05) is 16.6 Å². The van der Waals surface area contributed by atoms with Crippen molar-refractivity contribution in [1.29, 1.82) is 0 Å². The molecule has 3 heteroatoms. The fourth-order valence-electron chi connectivity index (χ4n) is 2.34. The minimum atomic E-state index is -0.0103. The molecule has 0 bridgehead atoms. The third kappa shape index (κ3) is 4.99. The van der Waals surface area contributed by atoms with Crippen LogP contribution in [0.2, 0.25) is 0 Å². The maximum atomic E-state index is 12.2. The first kappa shape index (κ1) is 16.8. The van der Waals surface area contributed by atoms with Crippen LogP contribution in [-0.4, -0.2) is 12.5 Å². The van der Waals surface area contributed by atoms with E-state index in [4.69, 9.17) is 0 Å². The molecule has 0 aliphatic carbocycles. The maximum absolute atomic E-state index is 12.2. The Hall–Kier alpha value is -1.61. The lowest BCUT2D eigenvalue weighted by atomic mass is 9.85. The number of amides is 1. The summed E-state index contributed by atoms with van der Waals surface area (Å²) in [6, 6.07) is 16.0. The number of carbonyl (C=O) groups excluding carboxylic acids is 1. The molecule has 2 aromatic carbocycles. The highest BCUT2D eigenvalue weighted by atomic mass is 79.9. The molecule has 1 N–H and O–H groups in total. The van der Waals surface area contributed by atoms with E-state index in [2.05, 4.69) is 59.4 Å². The molecule has 0 unspecified atom stereocenters. The largest absolute Gasteiger partial charge is 0.351 e. The summed E-state index contributed by atoms with van der Waals surface area (Å²) in [4.78, 5) is 12.2. The van der Waals surface area contributed by atoms with Crippen molar-refractivity contribution in [2.24, 2.45) is 5.41 Å². The summed E-state index contributed by atoms with van der Waals surface area (Å²) in [5.74, 6) is -0.0103. The molecule has 0 fully saturated rings. The minimum absolute atomic E-state index is 0.00812. The first-order valence-corrected chi connectivity index (χ1v) is 8.24. The number of benzene rings is 2. The molecule has 0 atom stereocenters. The number of rotatable bonds is 5. The van der Waals surface area contributed by atoms with Gasteiger partial charge in [0.15, 0.2) is 0 Å². The van der Waals surface area contributed by atoms with Crippen molar-refractivity contribution >= 4 is 21.8 Å². The predicted octanol–water partition coefficient (Wildman–Crippen LogP) is 4.76. The highest BCUT2D eigenvalue weighted by molar-refractivity contribution is 9.10. The lowest BCUT2D eigenvalue weighted by molar-refractivity contribution is 0.0936. The van der Waals surface area contributed by atoms with Crippen molar-refractivity contribution in [3.05, 3.63) is 69.7 Å². The Kier molecular flexibility index (Phi) is 5.41. The number of nitrogens with one attached hydrogen (secondary N) is 1. The van der Waals surface area contributed by atoms with E-state index < -0.39 is 0 Å². The molecular formula is C19H22BrNO. The SMILES string of the molecule is Cc1ccc(C(=O)NCC(C)(C)Cc2ccc(Br)cc2)cc1. The lowest BCUT2D eigenvalue weighted by Gasteiger charge is -2.25. The van der Waals surface area contributed by atoms with Crippen molar-refractivity contribution in [2.45, 2.75) is 27.2 Å². The zero-order valence-electron chi connectivity index (χ0n) is 13.3. The number of halogens is 1. The van der Waals surface area contributed by atoms with E-state index in [1.54, 1.807) is 0 Å². The van der Waals surface area contributed by atoms with Crippen LogP contribution in [0.5, 0.6) is 0 Å². The smallest absolute Gasteiger partial charge is 0.251 e. The van der Waals surface area contributed by atoms with E-state index in [-0.39, 0.29) is 11.3 Å². The van der Waals surface area contributed by atoms with Gasteiger partial charge in [-0.2, -0.15) is 0 Å². The average molecular weight is 360 g/mol. The van der Waals surface area contributed by atoms with Gasteiger partial charge in [-0.15, -0.1) is 0 Å². The minimum Gasteiger partial charge on any atom is -0.351 e. The molecule has 2 rings (SSSR count). The van der Waals surface area contributed by atoms with Crippen LogP contribution in [0.25, 0.3) is 0 Å². The van der Waals surface area contributed by atoms with E-state index in [9.17, 15) is 4.79 Å². The van der Waals surface area contributed by atoms with Crippen LogP contribution in [0.15, 0.2) is 53.0 Å². The Morgan fingerprint density at radius 2 is 1.64 bits per heavy atom. The summed E-state index contributed by atoms with van der Waals surface area (Å²) < 4.78 is 1.08. The highest BCUT2D eigenvalue weighted by Crippen LogP contribution is 2.22. The number of aryl methyl sites for hydroxylation is 1. The van der Waals surface area contributed by atoms with Crippen LogP contribution >= 0.6 is 15.9 Å². The van der Waals surface area contributed by atoms with Gasteiger partial charge in [0.1, 0.15) is 0 Å². The monoisotopic (exact) mass is 359 g/mol.